The predicted molar refractivity (Wildman–Crippen MR) is 92.7 cm³/mol. The summed E-state index contributed by atoms with van der Waals surface area (Å²) in [5, 5.41) is 5.56. The molecule has 0 heterocycles. The van der Waals surface area contributed by atoms with Crippen LogP contribution in [0.5, 0.6) is 11.5 Å². The van der Waals surface area contributed by atoms with Gasteiger partial charge in [0.2, 0.25) is 5.91 Å². The van der Waals surface area contributed by atoms with Gasteiger partial charge < -0.3 is 20.1 Å². The van der Waals surface area contributed by atoms with Crippen LogP contribution in [0.15, 0.2) is 42.5 Å². The number of rotatable bonds is 6. The standard InChI is InChI=1S/C18H19F3N2O3/c1-11(22-14-8-9-15(25-2)16(10-14)26-3)17(24)23-13-6-4-12(5-7-13)18(19,20)21/h4-11,22H,1-3H3,(H,23,24)/t11-/m0/s1. The van der Waals surface area contributed by atoms with E-state index in [0.717, 1.165) is 12.1 Å². The van der Waals surface area contributed by atoms with Crippen molar-refractivity contribution in [1.29, 1.82) is 0 Å². The number of hydrogen-bond acceptors (Lipinski definition) is 4. The average molecular weight is 368 g/mol. The molecule has 2 aromatic rings. The maximum atomic E-state index is 12.6. The molecule has 8 heteroatoms. The molecule has 1 amide bonds. The fraction of sp³-hybridized carbons (Fsp3) is 0.278. The Balaban J connectivity index is 2.01. The van der Waals surface area contributed by atoms with Crippen LogP contribution in [0.3, 0.4) is 0 Å². The van der Waals surface area contributed by atoms with E-state index in [9.17, 15) is 18.0 Å². The summed E-state index contributed by atoms with van der Waals surface area (Å²) < 4.78 is 48.0. The maximum absolute atomic E-state index is 12.6. The molecule has 2 rings (SSSR count). The number of halogens is 3. The molecule has 0 radical (unpaired) electrons. The zero-order valence-electron chi connectivity index (χ0n) is 14.5. The molecule has 140 valence electrons. The molecule has 0 saturated carbocycles. The topological polar surface area (TPSA) is 59.6 Å². The Bertz CT molecular complexity index is 761. The Morgan fingerprint density at radius 3 is 2.08 bits per heavy atom. The zero-order valence-corrected chi connectivity index (χ0v) is 14.5. The van der Waals surface area contributed by atoms with Crippen LogP contribution in [0, 0.1) is 0 Å². The van der Waals surface area contributed by atoms with Crippen molar-refractivity contribution in [2.45, 2.75) is 19.1 Å². The number of alkyl halides is 3. The Hall–Kier alpha value is -2.90. The Morgan fingerprint density at radius 2 is 1.54 bits per heavy atom. The molecule has 0 fully saturated rings. The van der Waals surface area contributed by atoms with Gasteiger partial charge in [-0.05, 0) is 43.3 Å². The largest absolute Gasteiger partial charge is 0.493 e. The predicted octanol–water partition coefficient (Wildman–Crippen LogP) is 4.16. The van der Waals surface area contributed by atoms with Gasteiger partial charge in [0.05, 0.1) is 19.8 Å². The highest BCUT2D eigenvalue weighted by Crippen LogP contribution is 2.31. The molecule has 0 unspecified atom stereocenters. The van der Waals surface area contributed by atoms with Gasteiger partial charge in [-0.15, -0.1) is 0 Å². The van der Waals surface area contributed by atoms with Gasteiger partial charge in [0, 0.05) is 17.4 Å². The molecule has 0 aliphatic carbocycles. The van der Waals surface area contributed by atoms with Crippen molar-refractivity contribution in [2.75, 3.05) is 24.9 Å². The third kappa shape index (κ3) is 4.81. The minimum Gasteiger partial charge on any atom is -0.493 e. The molecule has 2 N–H and O–H groups in total. The van der Waals surface area contributed by atoms with Crippen molar-refractivity contribution in [2.24, 2.45) is 0 Å². The number of benzene rings is 2. The summed E-state index contributed by atoms with van der Waals surface area (Å²) in [4.78, 5) is 12.2. The van der Waals surface area contributed by atoms with Gasteiger partial charge in [-0.1, -0.05) is 0 Å². The van der Waals surface area contributed by atoms with Gasteiger partial charge in [0.15, 0.2) is 11.5 Å². The molecule has 1 atom stereocenters. The quantitative estimate of drug-likeness (QED) is 0.804. The van der Waals surface area contributed by atoms with Crippen molar-refractivity contribution in [1.82, 2.24) is 0 Å². The smallest absolute Gasteiger partial charge is 0.416 e. The summed E-state index contributed by atoms with van der Waals surface area (Å²) >= 11 is 0. The van der Waals surface area contributed by atoms with E-state index in [1.165, 1.54) is 26.4 Å². The SMILES string of the molecule is COc1ccc(N[C@@H](C)C(=O)Nc2ccc(C(F)(F)F)cc2)cc1OC. The number of hydrogen-bond donors (Lipinski definition) is 2. The number of carbonyl (C=O) groups excluding carboxylic acids is 1. The van der Waals surface area contributed by atoms with Crippen molar-refractivity contribution in [3.8, 4) is 11.5 Å². The number of ether oxygens (including phenoxy) is 2. The van der Waals surface area contributed by atoms with Gasteiger partial charge in [0.25, 0.3) is 0 Å². The van der Waals surface area contributed by atoms with E-state index in [1.54, 1.807) is 25.1 Å². The second-order valence-electron chi connectivity index (χ2n) is 5.50. The van der Waals surface area contributed by atoms with Crippen LogP contribution in [-0.4, -0.2) is 26.2 Å². The summed E-state index contributed by atoms with van der Waals surface area (Å²) in [6.45, 7) is 1.64. The van der Waals surface area contributed by atoms with E-state index >= 15 is 0 Å². The molecule has 0 aliphatic rings. The Morgan fingerprint density at radius 1 is 0.962 bits per heavy atom. The summed E-state index contributed by atoms with van der Waals surface area (Å²) in [7, 11) is 3.02. The van der Waals surface area contributed by atoms with E-state index in [4.69, 9.17) is 9.47 Å². The molecule has 5 nitrogen and oxygen atoms in total. The molecular formula is C18H19F3N2O3. The minimum absolute atomic E-state index is 0.281. The zero-order chi connectivity index (χ0) is 19.3. The van der Waals surface area contributed by atoms with Crippen LogP contribution in [0.2, 0.25) is 0 Å². The molecule has 0 spiro atoms. The van der Waals surface area contributed by atoms with E-state index in [2.05, 4.69) is 10.6 Å². The van der Waals surface area contributed by atoms with Crippen LogP contribution in [0.1, 0.15) is 12.5 Å². The highest BCUT2D eigenvalue weighted by atomic mass is 19.4. The molecule has 0 bridgehead atoms. The highest BCUT2D eigenvalue weighted by Gasteiger charge is 2.30. The van der Waals surface area contributed by atoms with E-state index in [1.807, 2.05) is 0 Å². The van der Waals surface area contributed by atoms with Crippen molar-refractivity contribution < 1.29 is 27.4 Å². The monoisotopic (exact) mass is 368 g/mol. The van der Waals surface area contributed by atoms with Gasteiger partial charge >= 0.3 is 6.18 Å². The molecule has 26 heavy (non-hydrogen) atoms. The van der Waals surface area contributed by atoms with Gasteiger partial charge in [-0.3, -0.25) is 4.79 Å². The molecule has 0 aliphatic heterocycles. The van der Waals surface area contributed by atoms with E-state index < -0.39 is 17.8 Å². The molecule has 2 aromatic carbocycles. The minimum atomic E-state index is -4.41. The van der Waals surface area contributed by atoms with Gasteiger partial charge in [0.1, 0.15) is 6.04 Å². The number of amides is 1. The number of anilines is 2. The van der Waals surface area contributed by atoms with Crippen LogP contribution in [0.4, 0.5) is 24.5 Å². The second kappa shape index (κ2) is 7.99. The molecule has 0 saturated heterocycles. The van der Waals surface area contributed by atoms with Crippen molar-refractivity contribution >= 4 is 17.3 Å². The summed E-state index contributed by atoms with van der Waals surface area (Å²) in [6, 6.07) is 8.74. The summed E-state index contributed by atoms with van der Waals surface area (Å²) in [5.41, 5.74) is 0.147. The third-order valence-corrected chi connectivity index (χ3v) is 3.64. The third-order valence-electron chi connectivity index (χ3n) is 3.64. The fourth-order valence-corrected chi connectivity index (χ4v) is 2.23. The lowest BCUT2D eigenvalue weighted by atomic mass is 10.2. The van der Waals surface area contributed by atoms with Crippen LogP contribution in [0.25, 0.3) is 0 Å². The summed E-state index contributed by atoms with van der Waals surface area (Å²) in [5.74, 6) is 0.673. The lowest BCUT2D eigenvalue weighted by Gasteiger charge is -2.17. The van der Waals surface area contributed by atoms with Gasteiger partial charge in [-0.2, -0.15) is 13.2 Å². The van der Waals surface area contributed by atoms with E-state index in [-0.39, 0.29) is 11.6 Å². The number of nitrogens with one attached hydrogen (secondary N) is 2. The van der Waals surface area contributed by atoms with E-state index in [0.29, 0.717) is 17.2 Å². The van der Waals surface area contributed by atoms with Crippen molar-refractivity contribution in [3.05, 3.63) is 48.0 Å². The normalized spacial score (nSPS) is 12.2. The maximum Gasteiger partial charge on any atom is 0.416 e. The van der Waals surface area contributed by atoms with Gasteiger partial charge in [-0.25, -0.2) is 0 Å². The first kappa shape index (κ1) is 19.4. The number of carbonyl (C=O) groups is 1. The van der Waals surface area contributed by atoms with Crippen molar-refractivity contribution in [3.63, 3.8) is 0 Å². The summed E-state index contributed by atoms with van der Waals surface area (Å²) in [6.07, 6.45) is -4.41. The number of methoxy groups -OCH3 is 2. The second-order valence-corrected chi connectivity index (χ2v) is 5.50. The Kier molecular flexibility index (Phi) is 5.97. The lowest BCUT2D eigenvalue weighted by molar-refractivity contribution is -0.137. The molecule has 0 aromatic heterocycles. The first-order chi connectivity index (χ1) is 12.2. The van der Waals surface area contributed by atoms with Crippen LogP contribution in [-0.2, 0) is 11.0 Å². The highest BCUT2D eigenvalue weighted by molar-refractivity contribution is 5.96. The fourth-order valence-electron chi connectivity index (χ4n) is 2.23. The first-order valence-corrected chi connectivity index (χ1v) is 7.71. The average Bonchev–Trinajstić information content (AvgIpc) is 2.61. The van der Waals surface area contributed by atoms with Crippen LogP contribution >= 0.6 is 0 Å². The first-order valence-electron chi connectivity index (χ1n) is 7.71. The van der Waals surface area contributed by atoms with Crippen LogP contribution < -0.4 is 20.1 Å². The Labute approximate surface area is 149 Å². The molecular weight excluding hydrogens is 349 g/mol. The lowest BCUT2D eigenvalue weighted by Crippen LogP contribution is -2.31.